The van der Waals surface area contributed by atoms with Crippen LogP contribution in [0.5, 0.6) is 5.75 Å². The van der Waals surface area contributed by atoms with Crippen LogP contribution in [0, 0.1) is 12.8 Å². The van der Waals surface area contributed by atoms with Crippen LogP contribution in [-0.4, -0.2) is 13.7 Å². The Morgan fingerprint density at radius 2 is 2.19 bits per heavy atom. The van der Waals surface area contributed by atoms with Gasteiger partial charge in [0.2, 0.25) is 0 Å². The Morgan fingerprint density at radius 1 is 1.44 bits per heavy atom. The van der Waals surface area contributed by atoms with Gasteiger partial charge in [-0.2, -0.15) is 0 Å². The van der Waals surface area contributed by atoms with Gasteiger partial charge >= 0.3 is 0 Å². The molecule has 0 aromatic heterocycles. The number of methoxy groups -OCH3 is 1. The van der Waals surface area contributed by atoms with Crippen LogP contribution in [0.4, 0.5) is 0 Å². The molecule has 2 nitrogen and oxygen atoms in total. The van der Waals surface area contributed by atoms with E-state index in [1.165, 1.54) is 30.4 Å². The Morgan fingerprint density at radius 3 is 2.62 bits per heavy atom. The van der Waals surface area contributed by atoms with Crippen LogP contribution in [0.3, 0.4) is 0 Å². The second kappa shape index (κ2) is 4.88. The van der Waals surface area contributed by atoms with Crippen molar-refractivity contribution < 1.29 is 4.74 Å². The standard InChI is InChI=1S/C14H21NO/c1-10-8-12(6-7-14(10)16-2)13(9-15)11-4-3-5-11/h6-8,11,13H,3-5,9,15H2,1-2H3. The maximum atomic E-state index is 5.90. The molecule has 1 unspecified atom stereocenters. The molecule has 16 heavy (non-hydrogen) atoms. The van der Waals surface area contributed by atoms with Crippen LogP contribution in [0.15, 0.2) is 18.2 Å². The fourth-order valence-electron chi connectivity index (χ4n) is 2.58. The van der Waals surface area contributed by atoms with Gasteiger partial charge in [-0.25, -0.2) is 0 Å². The fourth-order valence-corrected chi connectivity index (χ4v) is 2.58. The lowest BCUT2D eigenvalue weighted by Gasteiger charge is -2.33. The second-order valence-electron chi connectivity index (χ2n) is 4.76. The number of rotatable bonds is 4. The molecular weight excluding hydrogens is 198 g/mol. The summed E-state index contributed by atoms with van der Waals surface area (Å²) >= 11 is 0. The molecule has 0 saturated heterocycles. The van der Waals surface area contributed by atoms with Crippen LogP contribution in [0.2, 0.25) is 0 Å². The van der Waals surface area contributed by atoms with Crippen molar-refractivity contribution in [1.82, 2.24) is 0 Å². The van der Waals surface area contributed by atoms with Crippen molar-refractivity contribution in [2.75, 3.05) is 13.7 Å². The van der Waals surface area contributed by atoms with Crippen molar-refractivity contribution >= 4 is 0 Å². The maximum Gasteiger partial charge on any atom is 0.121 e. The maximum absolute atomic E-state index is 5.90. The minimum absolute atomic E-state index is 0.540. The Kier molecular flexibility index (Phi) is 3.49. The monoisotopic (exact) mass is 219 g/mol. The van der Waals surface area contributed by atoms with Crippen molar-refractivity contribution in [3.63, 3.8) is 0 Å². The average Bonchev–Trinajstić information content (AvgIpc) is 2.23. The number of hydrogen-bond acceptors (Lipinski definition) is 2. The lowest BCUT2D eigenvalue weighted by atomic mass is 9.73. The molecule has 0 heterocycles. The van der Waals surface area contributed by atoms with E-state index in [1.807, 2.05) is 0 Å². The Hall–Kier alpha value is -1.02. The summed E-state index contributed by atoms with van der Waals surface area (Å²) < 4.78 is 5.28. The average molecular weight is 219 g/mol. The third-order valence-corrected chi connectivity index (χ3v) is 3.82. The number of aryl methyl sites for hydroxylation is 1. The van der Waals surface area contributed by atoms with Gasteiger partial charge in [-0.05, 0) is 55.3 Å². The molecule has 88 valence electrons. The molecule has 0 radical (unpaired) electrons. The number of hydrogen-bond donors (Lipinski definition) is 1. The zero-order valence-corrected chi connectivity index (χ0v) is 10.2. The molecule has 1 aliphatic rings. The van der Waals surface area contributed by atoms with Gasteiger partial charge in [0.1, 0.15) is 5.75 Å². The van der Waals surface area contributed by atoms with Gasteiger partial charge in [0.05, 0.1) is 7.11 Å². The first-order valence-corrected chi connectivity index (χ1v) is 6.11. The topological polar surface area (TPSA) is 35.2 Å². The van der Waals surface area contributed by atoms with E-state index in [0.29, 0.717) is 5.92 Å². The molecule has 1 atom stereocenters. The van der Waals surface area contributed by atoms with Crippen molar-refractivity contribution in [2.24, 2.45) is 11.7 Å². The summed E-state index contributed by atoms with van der Waals surface area (Å²) in [5, 5.41) is 0. The van der Waals surface area contributed by atoms with E-state index in [2.05, 4.69) is 25.1 Å². The molecule has 0 bridgehead atoms. The normalized spacial score (nSPS) is 17.9. The summed E-state index contributed by atoms with van der Waals surface area (Å²) in [6, 6.07) is 6.46. The van der Waals surface area contributed by atoms with Crippen LogP contribution in [0.25, 0.3) is 0 Å². The van der Waals surface area contributed by atoms with E-state index >= 15 is 0 Å². The summed E-state index contributed by atoms with van der Waals surface area (Å²) in [6.45, 7) is 2.85. The largest absolute Gasteiger partial charge is 0.496 e. The summed E-state index contributed by atoms with van der Waals surface area (Å²) in [5.74, 6) is 2.31. The zero-order valence-electron chi connectivity index (χ0n) is 10.2. The Bertz CT molecular complexity index is 358. The van der Waals surface area contributed by atoms with Gasteiger partial charge in [-0.3, -0.25) is 0 Å². The van der Waals surface area contributed by atoms with E-state index in [0.717, 1.165) is 18.2 Å². The van der Waals surface area contributed by atoms with Crippen LogP contribution >= 0.6 is 0 Å². The summed E-state index contributed by atoms with van der Waals surface area (Å²) in [7, 11) is 1.72. The zero-order chi connectivity index (χ0) is 11.5. The SMILES string of the molecule is COc1ccc(C(CN)C2CCC2)cc1C. The molecule has 0 amide bonds. The molecule has 1 aromatic carbocycles. The van der Waals surface area contributed by atoms with Crippen LogP contribution in [0.1, 0.15) is 36.3 Å². The molecule has 1 aromatic rings. The third-order valence-electron chi connectivity index (χ3n) is 3.82. The lowest BCUT2D eigenvalue weighted by Crippen LogP contribution is -2.26. The number of nitrogens with two attached hydrogens (primary N) is 1. The Balaban J connectivity index is 2.21. The van der Waals surface area contributed by atoms with E-state index in [1.54, 1.807) is 7.11 Å². The van der Waals surface area contributed by atoms with Crippen LogP contribution in [-0.2, 0) is 0 Å². The van der Waals surface area contributed by atoms with E-state index in [-0.39, 0.29) is 0 Å². The molecule has 2 rings (SSSR count). The summed E-state index contributed by atoms with van der Waals surface area (Å²) in [5.41, 5.74) is 8.49. The molecular formula is C14H21NO. The molecule has 1 fully saturated rings. The quantitative estimate of drug-likeness (QED) is 0.845. The van der Waals surface area contributed by atoms with E-state index in [4.69, 9.17) is 10.5 Å². The Labute approximate surface area is 97.8 Å². The van der Waals surface area contributed by atoms with E-state index in [9.17, 15) is 0 Å². The van der Waals surface area contributed by atoms with Crippen molar-refractivity contribution in [3.05, 3.63) is 29.3 Å². The predicted molar refractivity (Wildman–Crippen MR) is 66.9 cm³/mol. The molecule has 2 N–H and O–H groups in total. The number of ether oxygens (including phenoxy) is 1. The highest BCUT2D eigenvalue weighted by molar-refractivity contribution is 5.38. The van der Waals surface area contributed by atoms with Gasteiger partial charge in [0.15, 0.2) is 0 Å². The highest BCUT2D eigenvalue weighted by Crippen LogP contribution is 2.39. The van der Waals surface area contributed by atoms with Gasteiger partial charge in [0, 0.05) is 0 Å². The summed E-state index contributed by atoms with van der Waals surface area (Å²) in [6.07, 6.45) is 4.05. The molecule has 1 saturated carbocycles. The van der Waals surface area contributed by atoms with Crippen molar-refractivity contribution in [1.29, 1.82) is 0 Å². The van der Waals surface area contributed by atoms with E-state index < -0.39 is 0 Å². The fraction of sp³-hybridized carbons (Fsp3) is 0.571. The first-order valence-electron chi connectivity index (χ1n) is 6.11. The smallest absolute Gasteiger partial charge is 0.121 e. The minimum atomic E-state index is 0.540. The first-order chi connectivity index (χ1) is 7.76. The van der Waals surface area contributed by atoms with Gasteiger partial charge in [-0.15, -0.1) is 0 Å². The van der Waals surface area contributed by atoms with Gasteiger partial charge in [-0.1, -0.05) is 18.6 Å². The third kappa shape index (κ3) is 2.07. The molecule has 2 heteroatoms. The van der Waals surface area contributed by atoms with Gasteiger partial charge in [0.25, 0.3) is 0 Å². The van der Waals surface area contributed by atoms with Gasteiger partial charge < -0.3 is 10.5 Å². The highest BCUT2D eigenvalue weighted by Gasteiger charge is 2.27. The highest BCUT2D eigenvalue weighted by atomic mass is 16.5. The minimum Gasteiger partial charge on any atom is -0.496 e. The lowest BCUT2D eigenvalue weighted by molar-refractivity contribution is 0.264. The first kappa shape index (κ1) is 11.5. The van der Waals surface area contributed by atoms with Crippen molar-refractivity contribution in [3.8, 4) is 5.75 Å². The molecule has 0 spiro atoms. The second-order valence-corrected chi connectivity index (χ2v) is 4.76. The predicted octanol–water partition coefficient (Wildman–Crippen LogP) is 2.85. The summed E-state index contributed by atoms with van der Waals surface area (Å²) in [4.78, 5) is 0. The molecule has 0 aliphatic heterocycles. The number of benzene rings is 1. The van der Waals surface area contributed by atoms with Crippen LogP contribution < -0.4 is 10.5 Å². The molecule has 1 aliphatic carbocycles. The van der Waals surface area contributed by atoms with Crippen molar-refractivity contribution in [2.45, 2.75) is 32.1 Å².